The van der Waals surface area contributed by atoms with Crippen molar-refractivity contribution >= 4 is 13.5 Å². The minimum absolute atomic E-state index is 0.00462. The number of oxime groups is 1. The van der Waals surface area contributed by atoms with E-state index in [-0.39, 0.29) is 48.0 Å². The first-order chi connectivity index (χ1) is 27.8. The van der Waals surface area contributed by atoms with Crippen molar-refractivity contribution in [3.05, 3.63) is 60.7 Å². The van der Waals surface area contributed by atoms with Crippen molar-refractivity contribution in [3.8, 4) is 11.5 Å². The summed E-state index contributed by atoms with van der Waals surface area (Å²) >= 11 is 0. The topological polar surface area (TPSA) is 131 Å². The summed E-state index contributed by atoms with van der Waals surface area (Å²) in [6, 6.07) is 17.6. The van der Waals surface area contributed by atoms with Crippen LogP contribution in [0.4, 0.5) is 0 Å². The highest BCUT2D eigenvalue weighted by atomic mass is 31.2. The molecule has 2 aromatic carbocycles. The van der Waals surface area contributed by atoms with Crippen molar-refractivity contribution in [2.45, 2.75) is 147 Å². The zero-order valence-electron chi connectivity index (χ0n) is 34.4. The quantitative estimate of drug-likeness (QED) is 0.103. The van der Waals surface area contributed by atoms with Crippen molar-refractivity contribution in [2.24, 2.45) is 52.5 Å². The lowest BCUT2D eigenvalue weighted by molar-refractivity contribution is -0.571. The van der Waals surface area contributed by atoms with Crippen LogP contribution in [0, 0.1) is 47.3 Å². The second-order valence-corrected chi connectivity index (χ2v) is 20.3. The predicted octanol–water partition coefficient (Wildman–Crippen LogP) is 9.52. The normalized spacial score (nSPS) is 46.9. The Hall–Kier alpha value is -2.58. The molecule has 4 bridgehead atoms. The summed E-state index contributed by atoms with van der Waals surface area (Å²) in [4.78, 5) is 25.2. The van der Waals surface area contributed by atoms with Crippen molar-refractivity contribution in [2.75, 3.05) is 0 Å². The molecule has 8 aliphatic heterocycles. The molecule has 16 atom stereocenters. The molecular formula is C44H58NO12P. The van der Waals surface area contributed by atoms with Gasteiger partial charge in [-0.1, -0.05) is 69.2 Å². The van der Waals surface area contributed by atoms with Gasteiger partial charge in [0.2, 0.25) is 11.6 Å². The third-order valence-corrected chi connectivity index (χ3v) is 16.5. The van der Waals surface area contributed by atoms with Crippen LogP contribution in [0.25, 0.3) is 0 Å². The maximum Gasteiger partial charge on any atom is 0.668 e. The molecule has 8 heterocycles. The van der Waals surface area contributed by atoms with Gasteiger partial charge < -0.3 is 28.0 Å². The smallest absolute Gasteiger partial charge is 0.385 e. The number of phosphoric ester groups is 1. The van der Waals surface area contributed by atoms with Crippen LogP contribution in [-0.4, -0.2) is 53.3 Å². The van der Waals surface area contributed by atoms with Crippen molar-refractivity contribution in [1.82, 2.24) is 0 Å². The maximum atomic E-state index is 14.8. The minimum Gasteiger partial charge on any atom is -0.385 e. The number of phosphoric acid groups is 1. The Labute approximate surface area is 341 Å². The molecule has 2 spiro atoms. The lowest BCUT2D eigenvalue weighted by Crippen LogP contribution is -2.71. The van der Waals surface area contributed by atoms with Crippen LogP contribution in [-0.2, 0) is 47.7 Å². The Morgan fingerprint density at radius 1 is 0.655 bits per heavy atom. The summed E-state index contributed by atoms with van der Waals surface area (Å²) in [6.45, 7) is 12.9. The van der Waals surface area contributed by atoms with E-state index in [1.165, 1.54) is 0 Å². The molecule has 13 nitrogen and oxygen atoms in total. The van der Waals surface area contributed by atoms with Crippen LogP contribution in [0.3, 0.4) is 0 Å². The summed E-state index contributed by atoms with van der Waals surface area (Å²) < 4.78 is 60.7. The second-order valence-electron chi connectivity index (χ2n) is 18.9. The van der Waals surface area contributed by atoms with E-state index < -0.39 is 49.3 Å². The molecule has 14 heteroatoms. The Morgan fingerprint density at radius 2 is 1.16 bits per heavy atom. The van der Waals surface area contributed by atoms with Gasteiger partial charge in [-0.15, -0.1) is 0 Å². The zero-order valence-corrected chi connectivity index (χ0v) is 35.3. The second kappa shape index (κ2) is 14.5. The van der Waals surface area contributed by atoms with E-state index in [9.17, 15) is 4.57 Å². The van der Waals surface area contributed by atoms with Crippen molar-refractivity contribution in [1.29, 1.82) is 0 Å². The summed E-state index contributed by atoms with van der Waals surface area (Å²) in [6.07, 6.45) is 5.11. The molecule has 10 fully saturated rings. The molecule has 0 N–H and O–H groups in total. The summed E-state index contributed by atoms with van der Waals surface area (Å²) in [5, 5.41) is 4.80. The van der Waals surface area contributed by atoms with Gasteiger partial charge in [0.1, 0.15) is 17.6 Å². The first-order valence-electron chi connectivity index (χ1n) is 21.6. The van der Waals surface area contributed by atoms with E-state index >= 15 is 0 Å². The number of nitrogens with zero attached hydrogens (tertiary/aromatic N) is 1. The third-order valence-electron chi connectivity index (χ3n) is 15.4. The molecule has 2 aromatic rings. The average molecular weight is 824 g/mol. The van der Waals surface area contributed by atoms with E-state index in [1.807, 2.05) is 26.0 Å². The van der Waals surface area contributed by atoms with E-state index in [1.54, 1.807) is 48.5 Å². The lowest BCUT2D eigenvalue weighted by atomic mass is 9.56. The SMILES string of the molecule is C[C@H]1[C@@H](/C(C[C@H]2O[C@@H]3OC4(C)CC[C@H]5[C@H](C)CC[C@@H]([C@H]2C)[C@@]35OO4)=N\OP(=O)(Oc2ccccc2)Oc2ccccc2)O[C@@H]2OC3(C)CC[C@H]4[C@H](C)CC[C@@H]1[C@@]24OO3. The Kier molecular flexibility index (Phi) is 9.90. The molecule has 10 aliphatic rings. The Bertz CT molecular complexity index is 1860. The summed E-state index contributed by atoms with van der Waals surface area (Å²) in [5.41, 5.74) is -1.00. The van der Waals surface area contributed by atoms with Gasteiger partial charge in [0.05, 0.1) is 11.8 Å². The number of rotatable bonds is 9. The maximum absolute atomic E-state index is 14.8. The van der Waals surface area contributed by atoms with Crippen LogP contribution in [0.5, 0.6) is 11.5 Å². The molecule has 8 saturated heterocycles. The standard InChI is InChI=1S/C44H58NO12P/c1-26-17-19-34-28(3)37(47-39-43(34)32(26)21-23-41(5,49-39)53-55-43)25-36(45-57-58(46,51-30-13-9-7-10-14-30)52-31-15-11-8-12-16-31)38-29(4)35-20-18-27(2)33-22-24-42(6)50-40(48-38)44(33,35)56-54-42/h7-16,26-29,32-35,37-40H,17-25H2,1-6H3/b45-36-/t26-,27-,28-,29-,32+,33+,34+,35+,37-,38+,39-,40-,41?,42?,43-,44-/m1/s1. The zero-order chi connectivity index (χ0) is 40.1. The molecule has 2 aliphatic carbocycles. The van der Waals surface area contributed by atoms with Crippen LogP contribution < -0.4 is 9.05 Å². The molecule has 58 heavy (non-hydrogen) atoms. The number of benzene rings is 2. The number of para-hydroxylation sites is 2. The van der Waals surface area contributed by atoms with Gasteiger partial charge in [0, 0.05) is 31.1 Å². The fourth-order valence-electron chi connectivity index (χ4n) is 12.3. The molecule has 0 amide bonds. The lowest BCUT2D eigenvalue weighted by Gasteiger charge is -2.61. The molecule has 12 rings (SSSR count). The van der Waals surface area contributed by atoms with Crippen LogP contribution in [0.2, 0.25) is 0 Å². The van der Waals surface area contributed by atoms with Gasteiger partial charge in [0.25, 0.3) is 0 Å². The van der Waals surface area contributed by atoms with Crippen LogP contribution >= 0.6 is 7.82 Å². The van der Waals surface area contributed by atoms with E-state index in [0.29, 0.717) is 35.5 Å². The molecule has 0 radical (unpaired) electrons. The monoisotopic (exact) mass is 823 g/mol. The fraction of sp³-hybridized carbons (Fsp3) is 0.705. The molecule has 316 valence electrons. The highest BCUT2D eigenvalue weighted by molar-refractivity contribution is 7.49. The number of hydrogen-bond donors (Lipinski definition) is 0. The molecule has 2 unspecified atom stereocenters. The largest absolute Gasteiger partial charge is 0.668 e. The predicted molar refractivity (Wildman–Crippen MR) is 209 cm³/mol. The van der Waals surface area contributed by atoms with E-state index in [0.717, 1.165) is 44.9 Å². The minimum atomic E-state index is -4.44. The molecular weight excluding hydrogens is 765 g/mol. The van der Waals surface area contributed by atoms with Gasteiger partial charge in [-0.05, 0) is 112 Å². The van der Waals surface area contributed by atoms with E-state index in [2.05, 4.69) is 27.7 Å². The highest BCUT2D eigenvalue weighted by Crippen LogP contribution is 2.63. The number of fused-ring (bicyclic) bond motifs is 4. The number of ether oxygens (including phenoxy) is 4. The molecule has 0 aromatic heterocycles. The first-order valence-corrected chi connectivity index (χ1v) is 23.0. The van der Waals surface area contributed by atoms with E-state index in [4.69, 9.17) is 57.3 Å². The number of hydrogen-bond acceptors (Lipinski definition) is 13. The summed E-state index contributed by atoms with van der Waals surface area (Å²) in [5.74, 6) is -0.0302. The fourth-order valence-corrected chi connectivity index (χ4v) is 13.4. The van der Waals surface area contributed by atoms with Gasteiger partial charge >= 0.3 is 7.82 Å². The summed E-state index contributed by atoms with van der Waals surface area (Å²) in [7, 11) is -4.44. The first kappa shape index (κ1) is 39.5. The van der Waals surface area contributed by atoms with Crippen LogP contribution in [0.1, 0.15) is 99.3 Å². The van der Waals surface area contributed by atoms with Crippen molar-refractivity contribution in [3.63, 3.8) is 0 Å². The van der Waals surface area contributed by atoms with Gasteiger partial charge in [0.15, 0.2) is 23.8 Å². The van der Waals surface area contributed by atoms with Gasteiger partial charge in [-0.3, -0.25) is 4.62 Å². The average Bonchev–Trinajstić information content (AvgIpc) is 3.58. The van der Waals surface area contributed by atoms with Crippen LogP contribution in [0.15, 0.2) is 65.8 Å². The van der Waals surface area contributed by atoms with Crippen molar-refractivity contribution < 1.29 is 56.7 Å². The van der Waals surface area contributed by atoms with Gasteiger partial charge in [-0.2, -0.15) is 4.57 Å². The highest BCUT2D eigenvalue weighted by Gasteiger charge is 2.71. The molecule has 2 saturated carbocycles. The Morgan fingerprint density at radius 3 is 1.69 bits per heavy atom. The van der Waals surface area contributed by atoms with Gasteiger partial charge in [-0.25, -0.2) is 19.6 Å². The Balaban J connectivity index is 1.03. The third kappa shape index (κ3) is 6.40.